The van der Waals surface area contributed by atoms with Crippen molar-refractivity contribution in [3.63, 3.8) is 0 Å². The van der Waals surface area contributed by atoms with E-state index in [9.17, 15) is 18.0 Å². The first-order valence-corrected chi connectivity index (χ1v) is 7.64. The Morgan fingerprint density at radius 2 is 1.95 bits per heavy atom. The fourth-order valence-corrected chi connectivity index (χ4v) is 3.25. The monoisotopic (exact) mass is 319 g/mol. The number of carbonyl (C=O) groups is 1. The van der Waals surface area contributed by atoms with Gasteiger partial charge in [0.2, 0.25) is 0 Å². The molecule has 0 spiro atoms. The number of thioether (sulfide) groups is 1. The molecular weight excluding hydrogens is 303 g/mol. The van der Waals surface area contributed by atoms with Crippen molar-refractivity contribution in [1.82, 2.24) is 5.32 Å². The van der Waals surface area contributed by atoms with E-state index >= 15 is 0 Å². The molecule has 2 rings (SSSR count). The van der Waals surface area contributed by atoms with Crippen molar-refractivity contribution in [2.45, 2.75) is 25.1 Å². The Balaban J connectivity index is 2.21. The van der Waals surface area contributed by atoms with Gasteiger partial charge < -0.3 is 10.7 Å². The van der Waals surface area contributed by atoms with Crippen LogP contribution in [-0.2, 0) is 6.18 Å². The van der Waals surface area contributed by atoms with Gasteiger partial charge in [0.25, 0.3) is 5.91 Å². The van der Waals surface area contributed by atoms with Gasteiger partial charge in [-0.1, -0.05) is 0 Å². The molecule has 1 aliphatic heterocycles. The minimum Gasteiger partial charge on any atom is -0.349 e. The predicted molar refractivity (Wildman–Crippen MR) is 77.1 cm³/mol. The lowest BCUT2D eigenvalue weighted by atomic mass is 10.1. The Labute approximate surface area is 124 Å². The van der Waals surface area contributed by atoms with Gasteiger partial charge in [-0.2, -0.15) is 24.9 Å². The molecule has 1 saturated heterocycles. The third-order valence-corrected chi connectivity index (χ3v) is 4.35. The molecule has 0 bridgehead atoms. The number of nitrogens with two attached hydrogens (primary N) is 1. The largest absolute Gasteiger partial charge is 0.416 e. The maximum Gasteiger partial charge on any atom is 0.416 e. The minimum atomic E-state index is -4.50. The molecule has 1 aromatic rings. The Bertz CT molecular complexity index is 516. The number of hydrogen-bond donors (Lipinski definition) is 3. The second-order valence-corrected chi connectivity index (χ2v) is 5.99. The predicted octanol–water partition coefficient (Wildman–Crippen LogP) is 2.62. The van der Waals surface area contributed by atoms with Gasteiger partial charge in [-0.25, -0.2) is 0 Å². The number of benzene rings is 1. The lowest BCUT2D eigenvalue weighted by molar-refractivity contribution is -0.137. The fourth-order valence-electron chi connectivity index (χ4n) is 2.14. The maximum atomic E-state index is 12.7. The van der Waals surface area contributed by atoms with E-state index in [1.807, 2.05) is 0 Å². The molecule has 1 aliphatic rings. The van der Waals surface area contributed by atoms with Crippen LogP contribution in [0.2, 0.25) is 0 Å². The molecule has 0 aliphatic carbocycles. The molecule has 1 aromatic carbocycles. The third-order valence-electron chi connectivity index (χ3n) is 3.30. The summed E-state index contributed by atoms with van der Waals surface area (Å²) in [5, 5.41) is 2.77. The molecule has 0 atom stereocenters. The van der Waals surface area contributed by atoms with E-state index in [-0.39, 0.29) is 17.3 Å². The first-order chi connectivity index (χ1) is 9.91. The minimum absolute atomic E-state index is 0.00100. The molecule has 4 N–H and O–H groups in total. The van der Waals surface area contributed by atoms with E-state index in [0.29, 0.717) is 0 Å². The van der Waals surface area contributed by atoms with E-state index < -0.39 is 17.6 Å². The van der Waals surface area contributed by atoms with E-state index in [0.717, 1.165) is 42.5 Å². The zero-order valence-electron chi connectivity index (χ0n) is 11.2. The Kier molecular flexibility index (Phi) is 5.00. The van der Waals surface area contributed by atoms with E-state index in [1.54, 1.807) is 11.8 Å². The standard InChI is InChI=1S/C13H16F3N3OS/c14-13(15,16)8-1-2-11(19-17)10(7-8)12(20)18-9-3-5-21-6-4-9/h1-2,7,9,19H,3-6,17H2,(H,18,20). The number of nitrogens with one attached hydrogen (secondary N) is 2. The van der Waals surface area contributed by atoms with Crippen LogP contribution in [0, 0.1) is 0 Å². The fraction of sp³-hybridized carbons (Fsp3) is 0.462. The number of alkyl halides is 3. The zero-order valence-corrected chi connectivity index (χ0v) is 12.0. The summed E-state index contributed by atoms with van der Waals surface area (Å²) in [6.07, 6.45) is -2.86. The van der Waals surface area contributed by atoms with Crippen LogP contribution in [0.5, 0.6) is 0 Å². The van der Waals surface area contributed by atoms with Crippen molar-refractivity contribution < 1.29 is 18.0 Å². The average molecular weight is 319 g/mol. The highest BCUT2D eigenvalue weighted by atomic mass is 32.2. The van der Waals surface area contributed by atoms with Gasteiger partial charge in [0.1, 0.15) is 0 Å². The van der Waals surface area contributed by atoms with E-state index in [1.165, 1.54) is 0 Å². The summed E-state index contributed by atoms with van der Waals surface area (Å²) in [4.78, 5) is 12.2. The van der Waals surface area contributed by atoms with Crippen LogP contribution in [0.3, 0.4) is 0 Å². The molecule has 116 valence electrons. The molecule has 21 heavy (non-hydrogen) atoms. The van der Waals surface area contributed by atoms with E-state index in [2.05, 4.69) is 10.7 Å². The number of rotatable bonds is 3. The van der Waals surface area contributed by atoms with Crippen LogP contribution in [0.15, 0.2) is 18.2 Å². The number of carbonyl (C=O) groups excluding carboxylic acids is 1. The molecule has 1 fully saturated rings. The van der Waals surface area contributed by atoms with Gasteiger partial charge >= 0.3 is 6.18 Å². The van der Waals surface area contributed by atoms with Crippen LogP contribution in [0.1, 0.15) is 28.8 Å². The topological polar surface area (TPSA) is 67.1 Å². The third kappa shape index (κ3) is 4.04. The quantitative estimate of drug-likeness (QED) is 0.592. The van der Waals surface area contributed by atoms with Crippen LogP contribution < -0.4 is 16.6 Å². The van der Waals surface area contributed by atoms with Crippen LogP contribution in [-0.4, -0.2) is 23.5 Å². The average Bonchev–Trinajstić information content (AvgIpc) is 2.46. The molecule has 1 amide bonds. The molecule has 4 nitrogen and oxygen atoms in total. The Hall–Kier alpha value is -1.41. The van der Waals surface area contributed by atoms with Crippen molar-refractivity contribution in [3.8, 4) is 0 Å². The lowest BCUT2D eigenvalue weighted by Gasteiger charge is -2.23. The SMILES string of the molecule is NNc1ccc(C(F)(F)F)cc1C(=O)NC1CCSCC1. The molecule has 0 aromatic heterocycles. The molecule has 0 saturated carbocycles. The van der Waals surface area contributed by atoms with Crippen molar-refractivity contribution in [2.75, 3.05) is 16.9 Å². The number of hydrazine groups is 1. The second kappa shape index (κ2) is 6.57. The Morgan fingerprint density at radius 3 is 2.52 bits per heavy atom. The summed E-state index contributed by atoms with van der Waals surface area (Å²) in [6, 6.07) is 2.87. The first-order valence-electron chi connectivity index (χ1n) is 6.48. The molecule has 8 heteroatoms. The van der Waals surface area contributed by atoms with Gasteiger partial charge in [0.15, 0.2) is 0 Å². The van der Waals surface area contributed by atoms with Crippen molar-refractivity contribution in [3.05, 3.63) is 29.3 Å². The van der Waals surface area contributed by atoms with Gasteiger partial charge in [0.05, 0.1) is 16.8 Å². The summed E-state index contributed by atoms with van der Waals surface area (Å²) in [5.74, 6) is 6.61. The number of anilines is 1. The van der Waals surface area contributed by atoms with E-state index in [4.69, 9.17) is 5.84 Å². The van der Waals surface area contributed by atoms with Crippen LogP contribution in [0.4, 0.5) is 18.9 Å². The second-order valence-electron chi connectivity index (χ2n) is 4.76. The summed E-state index contributed by atoms with van der Waals surface area (Å²) in [6.45, 7) is 0. The summed E-state index contributed by atoms with van der Waals surface area (Å²) in [7, 11) is 0. The summed E-state index contributed by atoms with van der Waals surface area (Å²) in [5.41, 5.74) is 1.47. The van der Waals surface area contributed by atoms with Gasteiger partial charge in [-0.05, 0) is 42.5 Å². The smallest absolute Gasteiger partial charge is 0.349 e. The van der Waals surface area contributed by atoms with Crippen molar-refractivity contribution in [1.29, 1.82) is 0 Å². The Morgan fingerprint density at radius 1 is 1.29 bits per heavy atom. The summed E-state index contributed by atoms with van der Waals surface area (Å²) < 4.78 is 38.2. The van der Waals surface area contributed by atoms with Gasteiger partial charge in [0, 0.05) is 6.04 Å². The maximum absolute atomic E-state index is 12.7. The molecular formula is C13H16F3N3OS. The van der Waals surface area contributed by atoms with Crippen molar-refractivity contribution in [2.24, 2.45) is 5.84 Å². The first kappa shape index (κ1) is 16.0. The molecule has 0 radical (unpaired) electrons. The molecule has 1 heterocycles. The number of halogens is 3. The summed E-state index contributed by atoms with van der Waals surface area (Å²) >= 11 is 1.80. The zero-order chi connectivity index (χ0) is 15.5. The highest BCUT2D eigenvalue weighted by molar-refractivity contribution is 7.99. The van der Waals surface area contributed by atoms with Gasteiger partial charge in [-0.15, -0.1) is 0 Å². The highest BCUT2D eigenvalue weighted by Gasteiger charge is 2.32. The number of hydrogen-bond acceptors (Lipinski definition) is 4. The van der Waals surface area contributed by atoms with Crippen LogP contribution >= 0.6 is 11.8 Å². The number of nitrogen functional groups attached to an aromatic ring is 1. The van der Waals surface area contributed by atoms with Crippen molar-refractivity contribution >= 4 is 23.4 Å². The lowest BCUT2D eigenvalue weighted by Crippen LogP contribution is -2.37. The van der Waals surface area contributed by atoms with Crippen LogP contribution in [0.25, 0.3) is 0 Å². The number of amides is 1. The molecule has 0 unspecified atom stereocenters. The van der Waals surface area contributed by atoms with Gasteiger partial charge in [-0.3, -0.25) is 10.6 Å². The normalized spacial score (nSPS) is 16.6. The highest BCUT2D eigenvalue weighted by Crippen LogP contribution is 2.31.